The van der Waals surface area contributed by atoms with Crippen molar-refractivity contribution in [2.45, 2.75) is 11.8 Å². The van der Waals surface area contributed by atoms with E-state index in [4.69, 9.17) is 0 Å². The molecule has 2 fully saturated rings. The zero-order chi connectivity index (χ0) is 9.88. The van der Waals surface area contributed by atoms with Crippen molar-refractivity contribution in [1.82, 2.24) is 5.32 Å². The Labute approximate surface area is 105 Å². The maximum atomic E-state index is 3.51. The van der Waals surface area contributed by atoms with E-state index in [-0.39, 0.29) is 12.4 Å². The fraction of sp³-hybridized carbons (Fsp3) is 0.385. The smallest absolute Gasteiger partial charge is 0.0345 e. The molecule has 1 aromatic carbocycles. The molecule has 0 unspecified atom stereocenters. The Morgan fingerprint density at radius 2 is 2.19 bits per heavy atom. The summed E-state index contributed by atoms with van der Waals surface area (Å²) in [4.78, 5) is 1.61. The van der Waals surface area contributed by atoms with E-state index >= 15 is 0 Å². The van der Waals surface area contributed by atoms with Gasteiger partial charge in [-0.05, 0) is 36.4 Å². The van der Waals surface area contributed by atoms with Crippen molar-refractivity contribution >= 4 is 33.8 Å². The number of benzene rings is 1. The summed E-state index contributed by atoms with van der Waals surface area (Å²) in [5.74, 6) is 0.922. The highest BCUT2D eigenvalue weighted by Crippen LogP contribution is 2.58. The van der Waals surface area contributed by atoms with Crippen LogP contribution in [0.15, 0.2) is 30.3 Å². The molecule has 84 valence electrons. The van der Waals surface area contributed by atoms with E-state index in [1.807, 2.05) is 11.3 Å². The van der Waals surface area contributed by atoms with Crippen molar-refractivity contribution in [2.24, 2.45) is 5.92 Å². The van der Waals surface area contributed by atoms with Crippen molar-refractivity contribution in [3.8, 4) is 0 Å². The quantitative estimate of drug-likeness (QED) is 0.821. The first-order chi connectivity index (χ1) is 7.38. The van der Waals surface area contributed by atoms with Crippen LogP contribution in [-0.4, -0.2) is 13.1 Å². The number of piperidine rings is 1. The van der Waals surface area contributed by atoms with Crippen LogP contribution < -0.4 is 5.32 Å². The zero-order valence-electron chi connectivity index (χ0n) is 8.90. The number of hydrogen-bond donors (Lipinski definition) is 1. The van der Waals surface area contributed by atoms with Gasteiger partial charge in [0, 0.05) is 21.5 Å². The number of halogens is 1. The lowest BCUT2D eigenvalue weighted by Crippen LogP contribution is -2.18. The maximum Gasteiger partial charge on any atom is 0.0345 e. The minimum absolute atomic E-state index is 0. The molecule has 1 aliphatic carbocycles. The van der Waals surface area contributed by atoms with Gasteiger partial charge in [-0.3, -0.25) is 0 Å². The van der Waals surface area contributed by atoms with E-state index in [0.29, 0.717) is 5.41 Å². The molecule has 1 saturated carbocycles. The molecule has 0 amide bonds. The number of rotatable bonds is 1. The van der Waals surface area contributed by atoms with E-state index in [0.717, 1.165) is 5.92 Å². The van der Waals surface area contributed by atoms with Gasteiger partial charge < -0.3 is 5.32 Å². The summed E-state index contributed by atoms with van der Waals surface area (Å²) in [6.45, 7) is 2.43. The summed E-state index contributed by atoms with van der Waals surface area (Å²) < 4.78 is 1.44. The monoisotopic (exact) mass is 251 g/mol. The minimum atomic E-state index is 0. The fourth-order valence-corrected chi connectivity index (χ4v) is 4.29. The zero-order valence-corrected chi connectivity index (χ0v) is 10.5. The molecule has 1 saturated heterocycles. The van der Waals surface area contributed by atoms with Gasteiger partial charge in [0.15, 0.2) is 0 Å². The number of hydrogen-bond acceptors (Lipinski definition) is 2. The Morgan fingerprint density at radius 3 is 2.88 bits per heavy atom. The van der Waals surface area contributed by atoms with E-state index in [1.54, 1.807) is 4.88 Å². The van der Waals surface area contributed by atoms with E-state index < -0.39 is 0 Å². The second-order valence-electron chi connectivity index (χ2n) is 4.84. The maximum absolute atomic E-state index is 3.51. The standard InChI is InChI=1S/C13H13NS.ClH/c1-2-4-11-9(3-1)5-12(15-11)13-6-10(13)7-14-8-13;/h1-5,10,14H,6-8H2;1H/t10-,13-;/m0./s1. The van der Waals surface area contributed by atoms with Gasteiger partial charge in [0.2, 0.25) is 0 Å². The van der Waals surface area contributed by atoms with Gasteiger partial charge in [-0.15, -0.1) is 23.7 Å². The average Bonchev–Trinajstić information content (AvgIpc) is 2.68. The Balaban J connectivity index is 0.000000810. The highest BCUT2D eigenvalue weighted by Gasteiger charge is 2.58. The molecule has 1 aliphatic heterocycles. The van der Waals surface area contributed by atoms with Gasteiger partial charge in [0.1, 0.15) is 0 Å². The van der Waals surface area contributed by atoms with Crippen LogP contribution in [0.5, 0.6) is 0 Å². The summed E-state index contributed by atoms with van der Waals surface area (Å²) >= 11 is 2.00. The SMILES string of the molecule is Cl.c1ccc2sc([C@@]34CNC[C@@H]3C4)cc2c1. The second kappa shape index (κ2) is 3.46. The lowest BCUT2D eigenvalue weighted by molar-refractivity contribution is 0.686. The summed E-state index contributed by atoms with van der Waals surface area (Å²) in [6, 6.07) is 11.1. The van der Waals surface area contributed by atoms with Gasteiger partial charge in [-0.2, -0.15) is 0 Å². The molecule has 3 heteroatoms. The highest BCUT2D eigenvalue weighted by molar-refractivity contribution is 7.19. The lowest BCUT2D eigenvalue weighted by Gasteiger charge is -2.07. The number of nitrogens with one attached hydrogen (secondary N) is 1. The number of fused-ring (bicyclic) bond motifs is 2. The van der Waals surface area contributed by atoms with Crippen LogP contribution in [0.2, 0.25) is 0 Å². The molecule has 0 radical (unpaired) electrons. The third-order valence-corrected chi connectivity index (χ3v) is 5.32. The van der Waals surface area contributed by atoms with Crippen molar-refractivity contribution < 1.29 is 0 Å². The van der Waals surface area contributed by atoms with Gasteiger partial charge in [0.25, 0.3) is 0 Å². The normalized spacial score (nSPS) is 31.1. The molecule has 16 heavy (non-hydrogen) atoms. The molecule has 1 nitrogen and oxygen atoms in total. The second-order valence-corrected chi connectivity index (χ2v) is 5.92. The van der Waals surface area contributed by atoms with Gasteiger partial charge in [0.05, 0.1) is 0 Å². The van der Waals surface area contributed by atoms with Crippen molar-refractivity contribution in [2.75, 3.05) is 13.1 Å². The van der Waals surface area contributed by atoms with Crippen LogP contribution in [0.25, 0.3) is 10.1 Å². The van der Waals surface area contributed by atoms with E-state index in [9.17, 15) is 0 Å². The Hall–Kier alpha value is -0.570. The third kappa shape index (κ3) is 1.27. The predicted octanol–water partition coefficient (Wildman–Crippen LogP) is 3.18. The molecule has 2 atom stereocenters. The molecule has 0 bridgehead atoms. The van der Waals surface area contributed by atoms with Gasteiger partial charge >= 0.3 is 0 Å². The van der Waals surface area contributed by atoms with Crippen LogP contribution >= 0.6 is 23.7 Å². The van der Waals surface area contributed by atoms with Crippen LogP contribution in [0.1, 0.15) is 11.3 Å². The molecular formula is C13H14ClNS. The Morgan fingerprint density at radius 1 is 1.31 bits per heavy atom. The van der Waals surface area contributed by atoms with Crippen molar-refractivity contribution in [1.29, 1.82) is 0 Å². The summed E-state index contributed by atoms with van der Waals surface area (Å²) in [6.07, 6.45) is 1.41. The molecule has 1 N–H and O–H groups in total. The minimum Gasteiger partial charge on any atom is -0.315 e. The average molecular weight is 252 g/mol. The van der Waals surface area contributed by atoms with Crippen molar-refractivity contribution in [3.05, 3.63) is 35.2 Å². The Kier molecular flexibility index (Phi) is 2.29. The molecule has 2 aliphatic rings. The first-order valence-electron chi connectivity index (χ1n) is 5.58. The molecular weight excluding hydrogens is 238 g/mol. The molecule has 4 rings (SSSR count). The summed E-state index contributed by atoms with van der Waals surface area (Å²) in [5.41, 5.74) is 0.531. The van der Waals surface area contributed by atoms with Gasteiger partial charge in [-0.1, -0.05) is 18.2 Å². The molecule has 2 aromatic rings. The van der Waals surface area contributed by atoms with Gasteiger partial charge in [-0.25, -0.2) is 0 Å². The number of thiophene rings is 1. The molecule has 2 heterocycles. The molecule has 1 aromatic heterocycles. The van der Waals surface area contributed by atoms with Crippen LogP contribution in [0, 0.1) is 5.92 Å². The van der Waals surface area contributed by atoms with Crippen LogP contribution in [0.4, 0.5) is 0 Å². The largest absolute Gasteiger partial charge is 0.315 e. The third-order valence-electron chi connectivity index (χ3n) is 3.98. The van der Waals surface area contributed by atoms with Crippen molar-refractivity contribution in [3.63, 3.8) is 0 Å². The first-order valence-corrected chi connectivity index (χ1v) is 6.40. The predicted molar refractivity (Wildman–Crippen MR) is 71.7 cm³/mol. The fourth-order valence-electron chi connectivity index (χ4n) is 2.95. The van der Waals surface area contributed by atoms with Crippen LogP contribution in [0.3, 0.4) is 0 Å². The highest BCUT2D eigenvalue weighted by atomic mass is 35.5. The van der Waals surface area contributed by atoms with Crippen LogP contribution in [-0.2, 0) is 5.41 Å². The first kappa shape index (κ1) is 10.6. The molecule has 0 spiro atoms. The van der Waals surface area contributed by atoms with E-state index in [2.05, 4.69) is 35.6 Å². The topological polar surface area (TPSA) is 12.0 Å². The lowest BCUT2D eigenvalue weighted by atomic mass is 10.0. The Bertz CT molecular complexity index is 502. The summed E-state index contributed by atoms with van der Waals surface area (Å²) in [5, 5.41) is 4.93. The van der Waals surface area contributed by atoms with E-state index in [1.165, 1.54) is 29.6 Å². The summed E-state index contributed by atoms with van der Waals surface area (Å²) in [7, 11) is 0.